The minimum absolute atomic E-state index is 0.00919. The molecule has 2 aliphatic rings. The second-order valence-corrected chi connectivity index (χ2v) is 6.10. The Kier molecular flexibility index (Phi) is 3.51. The van der Waals surface area contributed by atoms with Crippen LogP contribution in [0.25, 0.3) is 0 Å². The summed E-state index contributed by atoms with van der Waals surface area (Å²) in [4.78, 5) is 24.3. The maximum Gasteiger partial charge on any atom is 0.418 e. The van der Waals surface area contributed by atoms with Crippen LogP contribution in [0.5, 0.6) is 0 Å². The van der Waals surface area contributed by atoms with E-state index >= 15 is 0 Å². The fraction of sp³-hybridized carbons (Fsp3) is 0.500. The van der Waals surface area contributed by atoms with Gasteiger partial charge in [-0.15, -0.1) is 4.28 Å². The molecule has 12 nitrogen and oxygen atoms in total. The summed E-state index contributed by atoms with van der Waals surface area (Å²) in [7, 11) is -4.89. The minimum atomic E-state index is -4.89. The number of nitrogens with zero attached hydrogens (tertiary/aromatic N) is 4. The third kappa shape index (κ3) is 2.63. The molecule has 2 amide bonds. The van der Waals surface area contributed by atoms with Crippen LogP contribution in [0.3, 0.4) is 0 Å². The van der Waals surface area contributed by atoms with Crippen molar-refractivity contribution >= 4 is 22.4 Å². The Balaban J connectivity index is 2.03. The normalized spacial score (nSPS) is 23.3. The first-order valence-corrected chi connectivity index (χ1v) is 7.83. The lowest BCUT2D eigenvalue weighted by molar-refractivity contribution is -0.137. The lowest BCUT2D eigenvalue weighted by Gasteiger charge is -2.28. The smallest absolute Gasteiger partial charge is 0.418 e. The average molecular weight is 347 g/mol. The van der Waals surface area contributed by atoms with Gasteiger partial charge in [0.25, 0.3) is 0 Å². The van der Waals surface area contributed by atoms with Crippen molar-refractivity contribution in [3.05, 3.63) is 17.5 Å². The number of hydroxylamine groups is 2. The summed E-state index contributed by atoms with van der Waals surface area (Å²) in [5.41, 5.74) is 6.46. The van der Waals surface area contributed by atoms with Gasteiger partial charge in [0.2, 0.25) is 0 Å². The van der Waals surface area contributed by atoms with Gasteiger partial charge in [0.15, 0.2) is 0 Å². The maximum absolute atomic E-state index is 12.2. The first-order valence-electron chi connectivity index (χ1n) is 6.47. The van der Waals surface area contributed by atoms with Crippen molar-refractivity contribution in [1.82, 2.24) is 19.7 Å². The van der Waals surface area contributed by atoms with Crippen molar-refractivity contribution in [2.75, 3.05) is 13.1 Å². The quantitative estimate of drug-likeness (QED) is 0.536. The van der Waals surface area contributed by atoms with Crippen molar-refractivity contribution < 1.29 is 31.9 Å². The minimum Gasteiger partial charge on any atom is -0.480 e. The molecule has 1 saturated heterocycles. The fourth-order valence-corrected chi connectivity index (χ4v) is 3.21. The molecule has 0 spiro atoms. The summed E-state index contributed by atoms with van der Waals surface area (Å²) < 4.78 is 36.2. The molecule has 2 atom stereocenters. The Morgan fingerprint density at radius 3 is 2.78 bits per heavy atom. The molecular formula is C10H13N5O7S. The molecule has 23 heavy (non-hydrogen) atoms. The molecule has 2 bridgehead atoms. The molecule has 1 fully saturated rings. The van der Waals surface area contributed by atoms with Crippen molar-refractivity contribution in [2.24, 2.45) is 5.73 Å². The second-order valence-electron chi connectivity index (χ2n) is 5.09. The molecule has 3 heterocycles. The van der Waals surface area contributed by atoms with Crippen LogP contribution in [0.1, 0.15) is 23.3 Å². The topological polar surface area (TPSA) is 168 Å². The summed E-state index contributed by atoms with van der Waals surface area (Å²) in [5, 5.41) is 13.5. The van der Waals surface area contributed by atoms with Gasteiger partial charge in [-0.3, -0.25) is 14.0 Å². The van der Waals surface area contributed by atoms with Gasteiger partial charge in [0, 0.05) is 18.3 Å². The first-order chi connectivity index (χ1) is 10.7. The lowest BCUT2D eigenvalue weighted by Crippen LogP contribution is -2.38. The van der Waals surface area contributed by atoms with E-state index in [0.717, 1.165) is 4.68 Å². The summed E-state index contributed by atoms with van der Waals surface area (Å²) in [6.45, 7) is -0.304. The predicted molar refractivity (Wildman–Crippen MR) is 71.0 cm³/mol. The molecule has 2 aliphatic heterocycles. The van der Waals surface area contributed by atoms with Gasteiger partial charge < -0.3 is 15.7 Å². The van der Waals surface area contributed by atoms with E-state index in [1.54, 1.807) is 0 Å². The van der Waals surface area contributed by atoms with Gasteiger partial charge in [-0.1, -0.05) is 0 Å². The summed E-state index contributed by atoms with van der Waals surface area (Å²) in [6, 6.07) is -2.26. The maximum atomic E-state index is 12.2. The van der Waals surface area contributed by atoms with E-state index in [-0.39, 0.29) is 13.1 Å². The molecule has 1 aromatic heterocycles. The highest BCUT2D eigenvalue weighted by Crippen LogP contribution is 2.43. The van der Waals surface area contributed by atoms with E-state index in [9.17, 15) is 18.0 Å². The van der Waals surface area contributed by atoms with Crippen molar-refractivity contribution in [3.8, 4) is 0 Å². The van der Waals surface area contributed by atoms with E-state index in [1.165, 1.54) is 11.1 Å². The number of carboxylic acids is 1. The number of hydrogen-bond donors (Lipinski definition) is 3. The molecular weight excluding hydrogens is 334 g/mol. The van der Waals surface area contributed by atoms with E-state index in [1.807, 2.05) is 0 Å². The number of aromatic nitrogens is 2. The van der Waals surface area contributed by atoms with Crippen LogP contribution >= 0.6 is 0 Å². The van der Waals surface area contributed by atoms with Crippen molar-refractivity contribution in [1.29, 1.82) is 0 Å². The Bertz CT molecular complexity index is 775. The molecule has 0 aliphatic carbocycles. The van der Waals surface area contributed by atoms with Crippen LogP contribution in [0.2, 0.25) is 0 Å². The van der Waals surface area contributed by atoms with Crippen LogP contribution in [0.4, 0.5) is 4.79 Å². The number of carboxylic acid groups (broad SMARTS) is 1. The molecule has 0 saturated carbocycles. The molecule has 0 radical (unpaired) electrons. The standard InChI is InChI=1S/C10H13N5O7S/c11-1-6-9-5(2-13(12-9)4-8(16)17)7-3-14(6)10(18)15(7)22-23(19,20)21/h2,6-7H,1,3-4,11H2,(H,16,17)(H,19,20,21)/t6-,7+/m1/s1. The Morgan fingerprint density at radius 1 is 1.52 bits per heavy atom. The van der Waals surface area contributed by atoms with Gasteiger partial charge in [-0.25, -0.2) is 4.79 Å². The van der Waals surface area contributed by atoms with E-state index in [2.05, 4.69) is 9.38 Å². The van der Waals surface area contributed by atoms with Crippen LogP contribution in [-0.2, 0) is 26.0 Å². The van der Waals surface area contributed by atoms with Gasteiger partial charge >= 0.3 is 22.4 Å². The highest BCUT2D eigenvalue weighted by atomic mass is 32.3. The zero-order chi connectivity index (χ0) is 16.9. The first kappa shape index (κ1) is 15.7. The van der Waals surface area contributed by atoms with E-state index in [0.29, 0.717) is 16.3 Å². The summed E-state index contributed by atoms with van der Waals surface area (Å²) in [5.74, 6) is -1.11. The number of carbonyl (C=O) groups excluding carboxylic acids is 1. The number of amides is 2. The van der Waals surface area contributed by atoms with Crippen LogP contribution in [0.15, 0.2) is 6.20 Å². The molecule has 1 aromatic rings. The monoisotopic (exact) mass is 347 g/mol. The fourth-order valence-electron chi connectivity index (χ4n) is 2.84. The third-order valence-corrected chi connectivity index (χ3v) is 4.00. The zero-order valence-electron chi connectivity index (χ0n) is 11.6. The Hall–Kier alpha value is -2.22. The molecule has 126 valence electrons. The van der Waals surface area contributed by atoms with Crippen LogP contribution < -0.4 is 5.73 Å². The molecule has 3 rings (SSSR count). The van der Waals surface area contributed by atoms with Crippen LogP contribution in [0, 0.1) is 0 Å². The molecule has 0 aromatic carbocycles. The molecule has 13 heteroatoms. The summed E-state index contributed by atoms with van der Waals surface area (Å²) >= 11 is 0. The number of urea groups is 1. The largest absolute Gasteiger partial charge is 0.480 e. The molecule has 0 unspecified atom stereocenters. The van der Waals surface area contributed by atoms with Gasteiger partial charge in [-0.2, -0.15) is 18.6 Å². The highest BCUT2D eigenvalue weighted by molar-refractivity contribution is 7.80. The van der Waals surface area contributed by atoms with Gasteiger partial charge in [0.05, 0.1) is 18.3 Å². The Labute approximate surface area is 129 Å². The van der Waals surface area contributed by atoms with Crippen LogP contribution in [-0.4, -0.2) is 62.9 Å². The van der Waals surface area contributed by atoms with E-state index < -0.39 is 41.0 Å². The van der Waals surface area contributed by atoms with Gasteiger partial charge in [-0.05, 0) is 0 Å². The number of fused-ring (bicyclic) bond motifs is 4. The number of rotatable bonds is 5. The number of hydrogen-bond acceptors (Lipinski definition) is 7. The molecule has 4 N–H and O–H groups in total. The summed E-state index contributed by atoms with van der Waals surface area (Å²) in [6.07, 6.45) is 1.40. The second kappa shape index (κ2) is 5.16. The van der Waals surface area contributed by atoms with Crippen molar-refractivity contribution in [2.45, 2.75) is 18.6 Å². The van der Waals surface area contributed by atoms with Crippen molar-refractivity contribution in [3.63, 3.8) is 0 Å². The predicted octanol–water partition coefficient (Wildman–Crippen LogP) is -1.51. The highest BCUT2D eigenvalue weighted by Gasteiger charge is 2.51. The van der Waals surface area contributed by atoms with E-state index in [4.69, 9.17) is 15.4 Å². The Morgan fingerprint density at radius 2 is 2.22 bits per heavy atom. The average Bonchev–Trinajstić information content (AvgIpc) is 2.93. The number of aliphatic carboxylic acids is 1. The zero-order valence-corrected chi connectivity index (χ0v) is 12.4. The number of nitrogens with two attached hydrogens (primary N) is 1. The lowest BCUT2D eigenvalue weighted by atomic mass is 9.98. The third-order valence-electron chi connectivity index (χ3n) is 3.65. The van der Waals surface area contributed by atoms with Gasteiger partial charge in [0.1, 0.15) is 12.6 Å². The number of carbonyl (C=O) groups is 2. The SMILES string of the molecule is NC[C@@H]1c2nn(CC(=O)O)cc2[C@@H]2CN1C(=O)N2OS(=O)(=O)O.